The summed E-state index contributed by atoms with van der Waals surface area (Å²) in [7, 11) is 3.89. The Morgan fingerprint density at radius 3 is 2.38 bits per heavy atom. The van der Waals surface area contributed by atoms with E-state index in [9.17, 15) is 0 Å². The van der Waals surface area contributed by atoms with Crippen LogP contribution >= 0.6 is 0 Å². The van der Waals surface area contributed by atoms with Gasteiger partial charge in [0.15, 0.2) is 0 Å². The molecule has 0 aliphatic heterocycles. The predicted octanol–water partition coefficient (Wildman–Crippen LogP) is 0.951. The fourth-order valence-corrected chi connectivity index (χ4v) is 1.29. The van der Waals surface area contributed by atoms with Gasteiger partial charge in [0.1, 0.15) is 0 Å². The summed E-state index contributed by atoms with van der Waals surface area (Å²) in [6.07, 6.45) is 0. The molecule has 0 aliphatic carbocycles. The zero-order valence-corrected chi connectivity index (χ0v) is 9.63. The van der Waals surface area contributed by atoms with E-state index >= 15 is 0 Å². The van der Waals surface area contributed by atoms with Crippen LogP contribution < -0.4 is 5.32 Å². The highest BCUT2D eigenvalue weighted by molar-refractivity contribution is 4.71. The van der Waals surface area contributed by atoms with Crippen molar-refractivity contribution in [2.45, 2.75) is 32.9 Å². The second-order valence-electron chi connectivity index (χ2n) is 3.63. The number of methoxy groups -OCH3 is 1. The fourth-order valence-electron chi connectivity index (χ4n) is 1.29. The van der Waals surface area contributed by atoms with Gasteiger partial charge in [-0.15, -0.1) is 0 Å². The maximum Gasteiger partial charge on any atom is 0.0615 e. The van der Waals surface area contributed by atoms with Crippen LogP contribution in [0.1, 0.15) is 20.8 Å². The monoisotopic (exact) mass is 188 g/mol. The number of rotatable bonds is 7. The van der Waals surface area contributed by atoms with Gasteiger partial charge in [-0.25, -0.2) is 0 Å². The molecule has 0 heterocycles. The summed E-state index contributed by atoms with van der Waals surface area (Å²) in [5, 5.41) is 3.34. The van der Waals surface area contributed by atoms with Crippen molar-refractivity contribution in [3.8, 4) is 0 Å². The molecule has 2 unspecified atom stereocenters. The average molecular weight is 188 g/mol. The van der Waals surface area contributed by atoms with Crippen molar-refractivity contribution < 1.29 is 4.74 Å². The molecule has 0 aliphatic rings. The summed E-state index contributed by atoms with van der Waals surface area (Å²) >= 11 is 0. The van der Waals surface area contributed by atoms with Crippen molar-refractivity contribution in [1.82, 2.24) is 10.2 Å². The minimum atomic E-state index is 0.485. The van der Waals surface area contributed by atoms with E-state index < -0.39 is 0 Å². The molecule has 1 N–H and O–H groups in total. The van der Waals surface area contributed by atoms with Gasteiger partial charge in [-0.3, -0.25) is 4.90 Å². The fraction of sp³-hybridized carbons (Fsp3) is 1.00. The Morgan fingerprint density at radius 1 is 1.31 bits per heavy atom. The minimum absolute atomic E-state index is 0.485. The van der Waals surface area contributed by atoms with Gasteiger partial charge in [-0.05, 0) is 27.4 Å². The third-order valence-corrected chi connectivity index (χ3v) is 2.49. The van der Waals surface area contributed by atoms with Crippen LogP contribution in [0.25, 0.3) is 0 Å². The number of nitrogens with zero attached hydrogens (tertiary/aromatic N) is 1. The van der Waals surface area contributed by atoms with Crippen LogP contribution in [0.3, 0.4) is 0 Å². The number of hydrogen-bond acceptors (Lipinski definition) is 3. The van der Waals surface area contributed by atoms with Crippen LogP contribution in [-0.4, -0.2) is 50.8 Å². The normalized spacial score (nSPS) is 16.2. The third kappa shape index (κ3) is 5.24. The molecule has 0 radical (unpaired) electrons. The van der Waals surface area contributed by atoms with E-state index in [4.69, 9.17) is 4.74 Å². The van der Waals surface area contributed by atoms with Gasteiger partial charge < -0.3 is 10.1 Å². The van der Waals surface area contributed by atoms with Gasteiger partial charge >= 0.3 is 0 Å². The first-order valence-corrected chi connectivity index (χ1v) is 5.05. The number of likely N-dealkylation sites (N-methyl/N-ethyl adjacent to an activating group) is 2. The number of nitrogens with one attached hydrogen (secondary N) is 1. The molecule has 80 valence electrons. The molecule has 0 rings (SSSR count). The Morgan fingerprint density at radius 2 is 1.92 bits per heavy atom. The van der Waals surface area contributed by atoms with E-state index in [2.05, 4.69) is 38.0 Å². The molecule has 0 saturated heterocycles. The maximum atomic E-state index is 5.12. The van der Waals surface area contributed by atoms with Crippen LogP contribution in [0.2, 0.25) is 0 Å². The average Bonchev–Trinajstić information content (AvgIpc) is 2.13. The van der Waals surface area contributed by atoms with Crippen molar-refractivity contribution in [3.05, 3.63) is 0 Å². The molecule has 0 saturated carbocycles. The highest BCUT2D eigenvalue weighted by Gasteiger charge is 2.14. The van der Waals surface area contributed by atoms with Gasteiger partial charge in [0.2, 0.25) is 0 Å². The van der Waals surface area contributed by atoms with Crippen LogP contribution in [0, 0.1) is 0 Å². The molecule has 0 amide bonds. The second kappa shape index (κ2) is 7.30. The molecule has 0 aromatic carbocycles. The lowest BCUT2D eigenvalue weighted by Crippen LogP contribution is -2.44. The lowest BCUT2D eigenvalue weighted by Gasteiger charge is -2.30. The first-order chi connectivity index (χ1) is 6.13. The van der Waals surface area contributed by atoms with Crippen LogP contribution in [0.15, 0.2) is 0 Å². The van der Waals surface area contributed by atoms with Gasteiger partial charge in [0, 0.05) is 25.7 Å². The summed E-state index contributed by atoms with van der Waals surface area (Å²) in [4.78, 5) is 2.34. The van der Waals surface area contributed by atoms with Gasteiger partial charge in [-0.1, -0.05) is 6.92 Å². The highest BCUT2D eigenvalue weighted by atomic mass is 16.5. The van der Waals surface area contributed by atoms with E-state index in [0.29, 0.717) is 12.1 Å². The molecule has 13 heavy (non-hydrogen) atoms. The molecule has 3 heteroatoms. The molecule has 3 nitrogen and oxygen atoms in total. The van der Waals surface area contributed by atoms with Crippen molar-refractivity contribution in [2.75, 3.05) is 33.9 Å². The second-order valence-corrected chi connectivity index (χ2v) is 3.63. The van der Waals surface area contributed by atoms with Gasteiger partial charge in [0.05, 0.1) is 6.61 Å². The van der Waals surface area contributed by atoms with Crippen LogP contribution in [0.4, 0.5) is 0 Å². The van der Waals surface area contributed by atoms with Crippen molar-refractivity contribution >= 4 is 0 Å². The Labute approximate surface area is 82.4 Å². The summed E-state index contributed by atoms with van der Waals surface area (Å²) in [6.45, 7) is 9.43. The first-order valence-electron chi connectivity index (χ1n) is 5.05. The number of hydrogen-bond donors (Lipinski definition) is 1. The SMILES string of the molecule is CCNCC(C)N(C)C(C)COC. The molecule has 0 fully saturated rings. The quantitative estimate of drug-likeness (QED) is 0.644. The van der Waals surface area contributed by atoms with E-state index in [1.807, 2.05) is 0 Å². The Bertz CT molecular complexity index is 119. The predicted molar refractivity (Wildman–Crippen MR) is 57.1 cm³/mol. The topological polar surface area (TPSA) is 24.5 Å². The maximum absolute atomic E-state index is 5.12. The molecule has 2 atom stereocenters. The molecule has 0 aromatic rings. The standard InChI is InChI=1S/C10H24N2O/c1-6-11-7-9(2)12(4)10(3)8-13-5/h9-11H,6-8H2,1-5H3. The van der Waals surface area contributed by atoms with E-state index in [-0.39, 0.29) is 0 Å². The Kier molecular flexibility index (Phi) is 7.23. The zero-order chi connectivity index (χ0) is 10.3. The molecule has 0 bridgehead atoms. The summed E-state index contributed by atoms with van der Waals surface area (Å²) < 4.78 is 5.12. The van der Waals surface area contributed by atoms with Crippen LogP contribution in [-0.2, 0) is 4.74 Å². The summed E-state index contributed by atoms with van der Waals surface area (Å²) in [5.74, 6) is 0. The molecule has 0 aromatic heterocycles. The van der Waals surface area contributed by atoms with Crippen molar-refractivity contribution in [1.29, 1.82) is 0 Å². The van der Waals surface area contributed by atoms with E-state index in [0.717, 1.165) is 19.7 Å². The Balaban J connectivity index is 3.71. The van der Waals surface area contributed by atoms with Gasteiger partial charge in [-0.2, -0.15) is 0 Å². The summed E-state index contributed by atoms with van der Waals surface area (Å²) in [5.41, 5.74) is 0. The lowest BCUT2D eigenvalue weighted by atomic mass is 10.2. The number of ether oxygens (including phenoxy) is 1. The van der Waals surface area contributed by atoms with Gasteiger partial charge in [0.25, 0.3) is 0 Å². The van der Waals surface area contributed by atoms with Crippen molar-refractivity contribution in [2.24, 2.45) is 0 Å². The third-order valence-electron chi connectivity index (χ3n) is 2.49. The zero-order valence-electron chi connectivity index (χ0n) is 9.63. The van der Waals surface area contributed by atoms with Crippen LogP contribution in [0.5, 0.6) is 0 Å². The first kappa shape index (κ1) is 12.9. The molecule has 0 spiro atoms. The van der Waals surface area contributed by atoms with E-state index in [1.165, 1.54) is 0 Å². The summed E-state index contributed by atoms with van der Waals surface area (Å²) in [6, 6.07) is 1.05. The molecular weight excluding hydrogens is 164 g/mol. The highest BCUT2D eigenvalue weighted by Crippen LogP contribution is 2.01. The van der Waals surface area contributed by atoms with E-state index in [1.54, 1.807) is 7.11 Å². The molecular formula is C10H24N2O. The lowest BCUT2D eigenvalue weighted by molar-refractivity contribution is 0.0937. The van der Waals surface area contributed by atoms with Crippen molar-refractivity contribution in [3.63, 3.8) is 0 Å². The minimum Gasteiger partial charge on any atom is -0.383 e. The smallest absolute Gasteiger partial charge is 0.0615 e. The largest absolute Gasteiger partial charge is 0.383 e. The Hall–Kier alpha value is -0.120.